The van der Waals surface area contributed by atoms with E-state index in [0.29, 0.717) is 18.2 Å². The summed E-state index contributed by atoms with van der Waals surface area (Å²) in [6.07, 6.45) is 3.30. The molecule has 42 heavy (non-hydrogen) atoms. The SMILES string of the molecule is Cc1ccn2nc(C(C)Nc3ncnc(N)c3C#N)nc(N(CCN(C)C)Cc3ccc(N4CCN(C)CC4)cc3)c12. The first-order valence-electron chi connectivity index (χ1n) is 14.3. The summed E-state index contributed by atoms with van der Waals surface area (Å²) in [4.78, 5) is 22.6. The molecule has 1 unspecified atom stereocenters. The van der Waals surface area contributed by atoms with Gasteiger partial charge in [0, 0.05) is 57.7 Å². The normalized spacial score (nSPS) is 14.7. The number of nitrogens with two attached hydrogens (primary N) is 1. The summed E-state index contributed by atoms with van der Waals surface area (Å²) < 4.78 is 1.89. The maximum atomic E-state index is 9.59. The van der Waals surface area contributed by atoms with E-state index in [1.54, 1.807) is 0 Å². The van der Waals surface area contributed by atoms with E-state index in [1.807, 2.05) is 17.6 Å². The van der Waals surface area contributed by atoms with Gasteiger partial charge >= 0.3 is 0 Å². The van der Waals surface area contributed by atoms with Gasteiger partial charge in [-0.3, -0.25) is 0 Å². The van der Waals surface area contributed by atoms with Gasteiger partial charge in [-0.15, -0.1) is 0 Å². The van der Waals surface area contributed by atoms with E-state index in [1.165, 1.54) is 17.6 Å². The van der Waals surface area contributed by atoms with Crippen LogP contribution < -0.4 is 20.9 Å². The third-order valence-electron chi connectivity index (χ3n) is 7.73. The quantitative estimate of drug-likeness (QED) is 0.293. The highest BCUT2D eigenvalue weighted by Gasteiger charge is 2.22. The molecule has 0 saturated carbocycles. The minimum atomic E-state index is -0.351. The second kappa shape index (κ2) is 12.6. The minimum absolute atomic E-state index is 0.133. The average molecular weight is 569 g/mol. The molecule has 12 heteroatoms. The second-order valence-corrected chi connectivity index (χ2v) is 11.2. The number of anilines is 4. The Morgan fingerprint density at radius 2 is 1.81 bits per heavy atom. The van der Waals surface area contributed by atoms with Crippen molar-refractivity contribution in [3.8, 4) is 6.07 Å². The lowest BCUT2D eigenvalue weighted by Crippen LogP contribution is -2.44. The molecule has 0 amide bonds. The first kappa shape index (κ1) is 29.0. The summed E-state index contributed by atoms with van der Waals surface area (Å²) in [7, 11) is 6.34. The van der Waals surface area contributed by atoms with E-state index in [0.717, 1.165) is 56.2 Å². The maximum absolute atomic E-state index is 9.59. The van der Waals surface area contributed by atoms with E-state index in [2.05, 4.69) is 99.4 Å². The number of benzene rings is 1. The van der Waals surface area contributed by atoms with Gasteiger partial charge in [0.15, 0.2) is 11.6 Å². The van der Waals surface area contributed by atoms with Crippen LogP contribution >= 0.6 is 0 Å². The van der Waals surface area contributed by atoms with Crippen LogP contribution in [0.25, 0.3) is 5.52 Å². The highest BCUT2D eigenvalue weighted by Crippen LogP contribution is 2.28. The summed E-state index contributed by atoms with van der Waals surface area (Å²) in [5, 5.41) is 17.7. The first-order valence-corrected chi connectivity index (χ1v) is 14.3. The van der Waals surface area contributed by atoms with Crippen molar-refractivity contribution < 1.29 is 0 Å². The summed E-state index contributed by atoms with van der Waals surface area (Å²) >= 11 is 0. The van der Waals surface area contributed by atoms with Gasteiger partial charge in [-0.05, 0) is 64.3 Å². The van der Waals surface area contributed by atoms with Crippen LogP contribution in [0.15, 0.2) is 42.9 Å². The molecule has 5 rings (SSSR count). The number of likely N-dealkylation sites (N-methyl/N-ethyl adjacent to an activating group) is 2. The fourth-order valence-electron chi connectivity index (χ4n) is 5.14. The molecular weight excluding hydrogens is 528 g/mol. The molecule has 0 radical (unpaired) electrons. The van der Waals surface area contributed by atoms with Crippen molar-refractivity contribution in [2.75, 3.05) is 81.3 Å². The third-order valence-corrected chi connectivity index (χ3v) is 7.73. The van der Waals surface area contributed by atoms with E-state index >= 15 is 0 Å². The first-order chi connectivity index (χ1) is 20.2. The van der Waals surface area contributed by atoms with Crippen molar-refractivity contribution in [2.45, 2.75) is 26.4 Å². The molecule has 0 bridgehead atoms. The molecule has 1 aliphatic heterocycles. The van der Waals surface area contributed by atoms with E-state index in [-0.39, 0.29) is 17.4 Å². The molecule has 1 aromatic carbocycles. The second-order valence-electron chi connectivity index (χ2n) is 11.2. The van der Waals surface area contributed by atoms with Crippen LogP contribution in [0.3, 0.4) is 0 Å². The molecule has 1 saturated heterocycles. The van der Waals surface area contributed by atoms with Crippen LogP contribution in [0, 0.1) is 18.3 Å². The molecule has 12 nitrogen and oxygen atoms in total. The van der Waals surface area contributed by atoms with Crippen LogP contribution in [0.1, 0.15) is 35.5 Å². The minimum Gasteiger partial charge on any atom is -0.382 e. The van der Waals surface area contributed by atoms with Crippen molar-refractivity contribution in [1.82, 2.24) is 34.4 Å². The molecule has 0 aliphatic carbocycles. The highest BCUT2D eigenvalue weighted by atomic mass is 15.3. The van der Waals surface area contributed by atoms with Gasteiger partial charge in [0.2, 0.25) is 0 Å². The number of rotatable bonds is 10. The van der Waals surface area contributed by atoms with Gasteiger partial charge in [-0.25, -0.2) is 19.5 Å². The molecule has 3 N–H and O–H groups in total. The Hall–Kier alpha value is -4.47. The number of hydrogen-bond acceptors (Lipinski definition) is 11. The number of aryl methyl sites for hydroxylation is 1. The Morgan fingerprint density at radius 3 is 2.50 bits per heavy atom. The number of nitrogen functional groups attached to an aromatic ring is 1. The molecule has 4 aromatic rings. The molecule has 4 heterocycles. The fraction of sp³-hybridized carbons (Fsp3) is 0.433. The summed E-state index contributed by atoms with van der Waals surface area (Å²) in [5.74, 6) is 1.93. The topological polar surface area (TPSA) is 131 Å². The zero-order valence-electron chi connectivity index (χ0n) is 25.1. The molecule has 1 aliphatic rings. The number of nitriles is 1. The number of aromatic nitrogens is 5. The summed E-state index contributed by atoms with van der Waals surface area (Å²) in [6, 6.07) is 12.7. The van der Waals surface area contributed by atoms with Crippen molar-refractivity contribution >= 4 is 28.7 Å². The van der Waals surface area contributed by atoms with Crippen LogP contribution in [0.4, 0.5) is 23.1 Å². The molecule has 1 fully saturated rings. The predicted octanol–water partition coefficient (Wildman–Crippen LogP) is 2.77. The Kier molecular flexibility index (Phi) is 8.70. The van der Waals surface area contributed by atoms with Crippen molar-refractivity contribution in [1.29, 1.82) is 5.26 Å². The van der Waals surface area contributed by atoms with Crippen LogP contribution in [0.5, 0.6) is 0 Å². The molecule has 1 atom stereocenters. The van der Waals surface area contributed by atoms with Crippen LogP contribution in [0.2, 0.25) is 0 Å². The maximum Gasteiger partial charge on any atom is 0.173 e. The standard InChI is InChI=1S/C30H40N12/c1-21-10-11-42-26(21)30(36-28(37-42)22(2)35-29-25(18-31)27(32)33-20-34-29)41(15-12-38(3)4)19-23-6-8-24(9-7-23)40-16-13-39(5)14-17-40/h6-11,20,22H,12-17,19H2,1-5H3,(H3,32,33,34,35). The number of nitrogens with zero attached hydrogens (tertiary/aromatic N) is 10. The monoisotopic (exact) mass is 568 g/mol. The lowest BCUT2D eigenvalue weighted by atomic mass is 10.1. The smallest absolute Gasteiger partial charge is 0.173 e. The van der Waals surface area contributed by atoms with Gasteiger partial charge in [-0.1, -0.05) is 12.1 Å². The summed E-state index contributed by atoms with van der Waals surface area (Å²) in [5.41, 5.74) is 10.7. The average Bonchev–Trinajstić information content (AvgIpc) is 3.36. The number of hydrogen-bond donors (Lipinski definition) is 2. The number of piperazine rings is 1. The largest absolute Gasteiger partial charge is 0.382 e. The van der Waals surface area contributed by atoms with E-state index in [4.69, 9.17) is 15.8 Å². The summed E-state index contributed by atoms with van der Waals surface area (Å²) in [6.45, 7) is 10.6. The Balaban J connectivity index is 1.46. The molecular formula is C30H40N12. The van der Waals surface area contributed by atoms with Crippen molar-refractivity contribution in [3.05, 3.63) is 65.4 Å². The van der Waals surface area contributed by atoms with E-state index in [9.17, 15) is 5.26 Å². The van der Waals surface area contributed by atoms with Gasteiger partial charge < -0.3 is 30.7 Å². The molecule has 220 valence electrons. The zero-order chi connectivity index (χ0) is 29.8. The van der Waals surface area contributed by atoms with Crippen LogP contribution in [-0.2, 0) is 6.54 Å². The highest BCUT2D eigenvalue weighted by molar-refractivity contribution is 5.73. The fourth-order valence-corrected chi connectivity index (χ4v) is 5.14. The Morgan fingerprint density at radius 1 is 1.07 bits per heavy atom. The van der Waals surface area contributed by atoms with Crippen molar-refractivity contribution in [3.63, 3.8) is 0 Å². The van der Waals surface area contributed by atoms with Gasteiger partial charge in [0.25, 0.3) is 0 Å². The van der Waals surface area contributed by atoms with Gasteiger partial charge in [-0.2, -0.15) is 10.4 Å². The predicted molar refractivity (Wildman–Crippen MR) is 167 cm³/mol. The van der Waals surface area contributed by atoms with Crippen LogP contribution in [-0.4, -0.2) is 94.8 Å². The van der Waals surface area contributed by atoms with E-state index < -0.39 is 0 Å². The Labute approximate surface area is 247 Å². The third kappa shape index (κ3) is 6.37. The molecule has 3 aromatic heterocycles. The number of fused-ring (bicyclic) bond motifs is 1. The van der Waals surface area contributed by atoms with Crippen molar-refractivity contribution in [2.24, 2.45) is 0 Å². The van der Waals surface area contributed by atoms with Gasteiger partial charge in [0.1, 0.15) is 35.1 Å². The van der Waals surface area contributed by atoms with Gasteiger partial charge in [0.05, 0.1) is 6.04 Å². The Bertz CT molecular complexity index is 1550. The lowest BCUT2D eigenvalue weighted by Gasteiger charge is -2.34. The molecule has 0 spiro atoms. The number of nitrogens with one attached hydrogen (secondary N) is 1. The lowest BCUT2D eigenvalue weighted by molar-refractivity contribution is 0.313. The zero-order valence-corrected chi connectivity index (χ0v) is 25.1.